The Balaban J connectivity index is 1.90. The molecule has 0 saturated heterocycles. The lowest BCUT2D eigenvalue weighted by atomic mass is 10.2. The van der Waals surface area contributed by atoms with Gasteiger partial charge in [-0.15, -0.1) is 0 Å². The molecule has 2 aromatic rings. The normalized spacial score (nSPS) is 9.96. The zero-order chi connectivity index (χ0) is 18.9. The molecule has 6 nitrogen and oxygen atoms in total. The third kappa shape index (κ3) is 5.73. The van der Waals surface area contributed by atoms with Gasteiger partial charge in [-0.05, 0) is 48.9 Å². The lowest BCUT2D eigenvalue weighted by molar-refractivity contribution is -0.114. The van der Waals surface area contributed by atoms with Crippen LogP contribution < -0.4 is 24.8 Å². The highest BCUT2D eigenvalue weighted by atomic mass is 16.5. The molecule has 0 bridgehead atoms. The first-order valence-corrected chi connectivity index (χ1v) is 8.15. The van der Waals surface area contributed by atoms with Crippen molar-refractivity contribution in [3.05, 3.63) is 54.6 Å². The number of ether oxygens (including phenoxy) is 3. The first-order chi connectivity index (χ1) is 12.5. The van der Waals surface area contributed by atoms with Gasteiger partial charge in [-0.3, -0.25) is 4.79 Å². The molecule has 0 atom stereocenters. The lowest BCUT2D eigenvalue weighted by Gasteiger charge is -2.13. The van der Waals surface area contributed by atoms with Gasteiger partial charge in [0.05, 0.1) is 26.5 Å². The number of benzene rings is 2. The second-order valence-corrected chi connectivity index (χ2v) is 5.74. The number of carbonyl (C=O) groups excluding carboxylic acids is 1. The monoisotopic (exact) mass is 356 g/mol. The van der Waals surface area contributed by atoms with Crippen LogP contribution in [-0.4, -0.2) is 33.3 Å². The van der Waals surface area contributed by atoms with Crippen LogP contribution in [0.1, 0.15) is 6.92 Å². The minimum absolute atomic E-state index is 0.0947. The fourth-order valence-corrected chi connectivity index (χ4v) is 2.17. The molecular weight excluding hydrogens is 332 g/mol. The minimum Gasteiger partial charge on any atom is -0.497 e. The van der Waals surface area contributed by atoms with Gasteiger partial charge in [0.25, 0.3) is 0 Å². The maximum Gasteiger partial charge on any atom is 0.243 e. The van der Waals surface area contributed by atoms with E-state index in [-0.39, 0.29) is 12.5 Å². The SMILES string of the molecule is C=C(C)COc1ccc(NC(=O)CNc2cc(OC)ccc2OC)cc1. The highest BCUT2D eigenvalue weighted by molar-refractivity contribution is 5.94. The van der Waals surface area contributed by atoms with Crippen molar-refractivity contribution in [2.24, 2.45) is 0 Å². The number of rotatable bonds is 9. The Morgan fingerprint density at radius 1 is 1.04 bits per heavy atom. The maximum atomic E-state index is 12.2. The van der Waals surface area contributed by atoms with Crippen LogP contribution in [0.4, 0.5) is 11.4 Å². The third-order valence-electron chi connectivity index (χ3n) is 3.47. The third-order valence-corrected chi connectivity index (χ3v) is 3.47. The molecule has 0 aliphatic carbocycles. The molecule has 0 unspecified atom stereocenters. The molecule has 2 aromatic carbocycles. The average molecular weight is 356 g/mol. The van der Waals surface area contributed by atoms with E-state index in [2.05, 4.69) is 17.2 Å². The van der Waals surface area contributed by atoms with E-state index in [0.29, 0.717) is 29.5 Å². The van der Waals surface area contributed by atoms with Crippen LogP contribution >= 0.6 is 0 Å². The molecule has 0 aliphatic rings. The van der Waals surface area contributed by atoms with Gasteiger partial charge in [0.2, 0.25) is 5.91 Å². The minimum atomic E-state index is -0.175. The molecule has 0 aliphatic heterocycles. The summed E-state index contributed by atoms with van der Waals surface area (Å²) < 4.78 is 16.0. The second kappa shape index (κ2) is 9.36. The fourth-order valence-electron chi connectivity index (χ4n) is 2.17. The van der Waals surface area contributed by atoms with Crippen LogP contribution in [0, 0.1) is 0 Å². The number of hydrogen-bond donors (Lipinski definition) is 2. The van der Waals surface area contributed by atoms with Crippen LogP contribution in [0.5, 0.6) is 17.2 Å². The van der Waals surface area contributed by atoms with E-state index in [0.717, 1.165) is 11.3 Å². The molecule has 0 spiro atoms. The maximum absolute atomic E-state index is 12.2. The van der Waals surface area contributed by atoms with Crippen LogP contribution in [0.25, 0.3) is 0 Å². The highest BCUT2D eigenvalue weighted by Gasteiger charge is 2.08. The average Bonchev–Trinajstić information content (AvgIpc) is 2.65. The molecule has 1 amide bonds. The standard InChI is InChI=1S/C20H24N2O4/c1-14(2)13-26-16-7-5-15(6-8-16)22-20(23)12-21-18-11-17(24-3)9-10-19(18)25-4/h5-11,21H,1,12-13H2,2-4H3,(H,22,23). The largest absolute Gasteiger partial charge is 0.497 e. The Kier molecular flexibility index (Phi) is 6.91. The van der Waals surface area contributed by atoms with Crippen molar-refractivity contribution in [1.82, 2.24) is 0 Å². The smallest absolute Gasteiger partial charge is 0.243 e. The van der Waals surface area contributed by atoms with Crippen molar-refractivity contribution in [2.75, 3.05) is 38.0 Å². The van der Waals surface area contributed by atoms with Crippen molar-refractivity contribution >= 4 is 17.3 Å². The zero-order valence-corrected chi connectivity index (χ0v) is 15.3. The molecule has 0 saturated carbocycles. The van der Waals surface area contributed by atoms with Gasteiger partial charge in [-0.2, -0.15) is 0 Å². The summed E-state index contributed by atoms with van der Waals surface area (Å²) in [7, 11) is 3.16. The number of carbonyl (C=O) groups is 1. The molecular formula is C20H24N2O4. The summed E-state index contributed by atoms with van der Waals surface area (Å²) in [5, 5.41) is 5.88. The van der Waals surface area contributed by atoms with Crippen molar-refractivity contribution in [3.63, 3.8) is 0 Å². The molecule has 0 heterocycles. The molecule has 26 heavy (non-hydrogen) atoms. The molecule has 0 radical (unpaired) electrons. The van der Waals surface area contributed by atoms with Crippen LogP contribution in [0.2, 0.25) is 0 Å². The molecule has 2 N–H and O–H groups in total. The quantitative estimate of drug-likeness (QED) is 0.671. The summed E-state index contributed by atoms with van der Waals surface area (Å²) in [6.07, 6.45) is 0. The number of anilines is 2. The molecule has 0 fully saturated rings. The van der Waals surface area contributed by atoms with Crippen molar-refractivity contribution in [1.29, 1.82) is 0 Å². The summed E-state index contributed by atoms with van der Waals surface area (Å²) in [5.41, 5.74) is 2.32. The second-order valence-electron chi connectivity index (χ2n) is 5.74. The number of hydrogen-bond acceptors (Lipinski definition) is 5. The van der Waals surface area contributed by atoms with Gasteiger partial charge in [0.1, 0.15) is 23.9 Å². The molecule has 2 rings (SSSR count). The van der Waals surface area contributed by atoms with E-state index in [9.17, 15) is 4.79 Å². The number of methoxy groups -OCH3 is 2. The van der Waals surface area contributed by atoms with E-state index in [1.807, 2.05) is 6.92 Å². The zero-order valence-electron chi connectivity index (χ0n) is 15.3. The lowest BCUT2D eigenvalue weighted by Crippen LogP contribution is -2.21. The van der Waals surface area contributed by atoms with Crippen LogP contribution in [0.15, 0.2) is 54.6 Å². The molecule has 0 aromatic heterocycles. The number of amides is 1. The molecule has 6 heteroatoms. The van der Waals surface area contributed by atoms with E-state index >= 15 is 0 Å². The van der Waals surface area contributed by atoms with Gasteiger partial charge < -0.3 is 24.8 Å². The van der Waals surface area contributed by atoms with E-state index < -0.39 is 0 Å². The fraction of sp³-hybridized carbons (Fsp3) is 0.250. The van der Waals surface area contributed by atoms with Crippen molar-refractivity contribution < 1.29 is 19.0 Å². The summed E-state index contributed by atoms with van der Waals surface area (Å²) in [4.78, 5) is 12.2. The first kappa shape index (κ1) is 19.2. The van der Waals surface area contributed by atoms with Gasteiger partial charge in [-0.1, -0.05) is 6.58 Å². The highest BCUT2D eigenvalue weighted by Crippen LogP contribution is 2.28. The number of nitrogens with one attached hydrogen (secondary N) is 2. The van der Waals surface area contributed by atoms with E-state index in [1.54, 1.807) is 56.7 Å². The Labute approximate surface area is 153 Å². The summed E-state index contributed by atoms with van der Waals surface area (Å²) in [6.45, 7) is 6.26. The Bertz CT molecular complexity index is 757. The Morgan fingerprint density at radius 3 is 2.35 bits per heavy atom. The predicted molar refractivity (Wildman–Crippen MR) is 103 cm³/mol. The summed E-state index contributed by atoms with van der Waals surface area (Å²) in [6, 6.07) is 12.5. The van der Waals surface area contributed by atoms with Crippen LogP contribution in [0.3, 0.4) is 0 Å². The first-order valence-electron chi connectivity index (χ1n) is 8.15. The van der Waals surface area contributed by atoms with E-state index in [1.165, 1.54) is 0 Å². The Hall–Kier alpha value is -3.15. The molecule has 138 valence electrons. The van der Waals surface area contributed by atoms with Gasteiger partial charge in [-0.25, -0.2) is 0 Å². The van der Waals surface area contributed by atoms with Crippen molar-refractivity contribution in [2.45, 2.75) is 6.92 Å². The van der Waals surface area contributed by atoms with Gasteiger partial charge in [0.15, 0.2) is 0 Å². The topological polar surface area (TPSA) is 68.8 Å². The van der Waals surface area contributed by atoms with Crippen LogP contribution in [-0.2, 0) is 4.79 Å². The summed E-state index contributed by atoms with van der Waals surface area (Å²) >= 11 is 0. The predicted octanol–water partition coefficient (Wildman–Crippen LogP) is 3.71. The van der Waals surface area contributed by atoms with Crippen molar-refractivity contribution in [3.8, 4) is 17.2 Å². The van der Waals surface area contributed by atoms with E-state index in [4.69, 9.17) is 14.2 Å². The van der Waals surface area contributed by atoms with Gasteiger partial charge in [0, 0.05) is 11.8 Å². The van der Waals surface area contributed by atoms with Gasteiger partial charge >= 0.3 is 0 Å². The summed E-state index contributed by atoms with van der Waals surface area (Å²) in [5.74, 6) is 1.87. The Morgan fingerprint density at radius 2 is 1.73 bits per heavy atom.